The van der Waals surface area contributed by atoms with Gasteiger partial charge in [0.1, 0.15) is 5.82 Å². The Morgan fingerprint density at radius 1 is 1.33 bits per heavy atom. The van der Waals surface area contributed by atoms with E-state index < -0.39 is 0 Å². The van der Waals surface area contributed by atoms with Crippen molar-refractivity contribution in [2.45, 2.75) is 26.2 Å². The molecule has 0 unspecified atom stereocenters. The van der Waals surface area contributed by atoms with Crippen molar-refractivity contribution in [1.29, 1.82) is 0 Å². The van der Waals surface area contributed by atoms with Gasteiger partial charge in [-0.15, -0.1) is 0 Å². The molecule has 2 heterocycles. The summed E-state index contributed by atoms with van der Waals surface area (Å²) in [4.78, 5) is 21.0. The highest BCUT2D eigenvalue weighted by atomic mass is 79.9. The van der Waals surface area contributed by atoms with Crippen LogP contribution >= 0.6 is 27.3 Å². The number of carbonyl (C=O) groups is 1. The number of thiazole rings is 1. The van der Waals surface area contributed by atoms with Gasteiger partial charge in [-0.2, -0.15) is 0 Å². The summed E-state index contributed by atoms with van der Waals surface area (Å²) in [6, 6.07) is 3.55. The van der Waals surface area contributed by atoms with Crippen LogP contribution in [0.3, 0.4) is 0 Å². The Bertz CT molecular complexity index is 663. The van der Waals surface area contributed by atoms with Gasteiger partial charge in [0.25, 0.3) is 5.91 Å². The van der Waals surface area contributed by atoms with Crippen LogP contribution in [0, 0.1) is 0 Å². The van der Waals surface area contributed by atoms with Crippen molar-refractivity contribution in [1.82, 2.24) is 9.97 Å². The number of pyridine rings is 1. The summed E-state index contributed by atoms with van der Waals surface area (Å²) in [7, 11) is 1.79. The van der Waals surface area contributed by atoms with Crippen molar-refractivity contribution in [3.8, 4) is 0 Å². The molecule has 0 saturated carbocycles. The average molecular weight is 369 g/mol. The lowest BCUT2D eigenvalue weighted by Crippen LogP contribution is -2.18. The third kappa shape index (κ3) is 4.01. The van der Waals surface area contributed by atoms with Crippen molar-refractivity contribution < 1.29 is 4.79 Å². The molecule has 1 amide bonds. The van der Waals surface area contributed by atoms with E-state index in [0.717, 1.165) is 9.48 Å². The number of aromatic nitrogens is 2. The molecule has 0 fully saturated rings. The predicted molar refractivity (Wildman–Crippen MR) is 90.3 cm³/mol. The van der Waals surface area contributed by atoms with E-state index in [4.69, 9.17) is 0 Å². The Morgan fingerprint density at radius 3 is 2.57 bits per heavy atom. The molecular formula is C14H17BrN4OS. The highest BCUT2D eigenvalue weighted by Gasteiger charge is 2.19. The van der Waals surface area contributed by atoms with E-state index in [1.165, 1.54) is 11.3 Å². The van der Waals surface area contributed by atoms with Crippen molar-refractivity contribution in [2.24, 2.45) is 0 Å². The largest absolute Gasteiger partial charge is 0.373 e. The third-order valence-corrected chi connectivity index (χ3v) is 4.20. The SMILES string of the molecule is CNc1cc(C(=O)Nc2ncc(Br)s2)cc(C(C)(C)C)n1. The zero-order chi connectivity index (χ0) is 15.6. The lowest BCUT2D eigenvalue weighted by Gasteiger charge is -2.19. The van der Waals surface area contributed by atoms with Crippen molar-refractivity contribution >= 4 is 44.1 Å². The summed E-state index contributed by atoms with van der Waals surface area (Å²) < 4.78 is 0.874. The number of nitrogens with one attached hydrogen (secondary N) is 2. The maximum absolute atomic E-state index is 12.4. The van der Waals surface area contributed by atoms with Crippen LogP contribution in [0.2, 0.25) is 0 Å². The van der Waals surface area contributed by atoms with Crippen LogP contribution in [0.15, 0.2) is 22.1 Å². The smallest absolute Gasteiger partial charge is 0.257 e. The molecule has 0 aromatic carbocycles. The molecule has 0 spiro atoms. The van der Waals surface area contributed by atoms with Gasteiger partial charge in [-0.1, -0.05) is 32.1 Å². The van der Waals surface area contributed by atoms with Crippen molar-refractivity contribution in [2.75, 3.05) is 17.7 Å². The second-order valence-electron chi connectivity index (χ2n) is 5.55. The lowest BCUT2D eigenvalue weighted by molar-refractivity contribution is 0.102. The number of nitrogens with zero attached hydrogens (tertiary/aromatic N) is 2. The Balaban J connectivity index is 2.31. The van der Waals surface area contributed by atoms with Gasteiger partial charge in [-0.25, -0.2) is 9.97 Å². The van der Waals surface area contributed by atoms with Gasteiger partial charge in [0.15, 0.2) is 5.13 Å². The number of hydrogen-bond donors (Lipinski definition) is 2. The summed E-state index contributed by atoms with van der Waals surface area (Å²) in [6.45, 7) is 6.19. The zero-order valence-electron chi connectivity index (χ0n) is 12.3. The first-order valence-electron chi connectivity index (χ1n) is 6.42. The van der Waals surface area contributed by atoms with Gasteiger partial charge in [0, 0.05) is 23.7 Å². The van der Waals surface area contributed by atoms with Crippen molar-refractivity contribution in [3.63, 3.8) is 0 Å². The molecular weight excluding hydrogens is 352 g/mol. The van der Waals surface area contributed by atoms with Gasteiger partial charge in [-0.3, -0.25) is 10.1 Å². The molecule has 112 valence electrons. The van der Waals surface area contributed by atoms with Crippen LogP contribution in [0.4, 0.5) is 10.9 Å². The Labute approximate surface area is 136 Å². The fourth-order valence-corrected chi connectivity index (χ4v) is 2.76. The Hall–Kier alpha value is -1.47. The normalized spacial score (nSPS) is 11.3. The van der Waals surface area contributed by atoms with Gasteiger partial charge in [-0.05, 0) is 28.1 Å². The van der Waals surface area contributed by atoms with Crippen molar-refractivity contribution in [3.05, 3.63) is 33.4 Å². The molecule has 2 aromatic heterocycles. The fourth-order valence-electron chi connectivity index (χ4n) is 1.66. The minimum atomic E-state index is -0.193. The second kappa shape index (κ2) is 6.11. The monoisotopic (exact) mass is 368 g/mol. The van der Waals surface area contributed by atoms with E-state index in [1.807, 2.05) is 6.07 Å². The van der Waals surface area contributed by atoms with Gasteiger partial charge in [0.2, 0.25) is 0 Å². The van der Waals surface area contributed by atoms with E-state index in [1.54, 1.807) is 19.3 Å². The molecule has 2 N–H and O–H groups in total. The molecule has 2 aromatic rings. The molecule has 5 nitrogen and oxygen atoms in total. The molecule has 7 heteroatoms. The van der Waals surface area contributed by atoms with E-state index in [0.29, 0.717) is 16.5 Å². The first-order valence-corrected chi connectivity index (χ1v) is 8.03. The summed E-state index contributed by atoms with van der Waals surface area (Å²) in [5, 5.41) is 6.35. The quantitative estimate of drug-likeness (QED) is 0.861. The summed E-state index contributed by atoms with van der Waals surface area (Å²) in [6.07, 6.45) is 1.66. The number of halogens is 1. The number of hydrogen-bond acceptors (Lipinski definition) is 5. The predicted octanol–water partition coefficient (Wildman–Crippen LogP) is 3.89. The number of rotatable bonds is 3. The van der Waals surface area contributed by atoms with Crippen LogP contribution in [0.25, 0.3) is 0 Å². The molecule has 2 rings (SSSR count). The Kier molecular flexibility index (Phi) is 4.63. The maximum atomic E-state index is 12.4. The number of carbonyl (C=O) groups excluding carboxylic acids is 1. The third-order valence-electron chi connectivity index (χ3n) is 2.81. The van der Waals surface area contributed by atoms with Crippen LogP contribution in [0.5, 0.6) is 0 Å². The number of amides is 1. The minimum absolute atomic E-state index is 0.133. The maximum Gasteiger partial charge on any atom is 0.257 e. The van der Waals surface area contributed by atoms with Crippen LogP contribution in [-0.4, -0.2) is 22.9 Å². The van der Waals surface area contributed by atoms with E-state index >= 15 is 0 Å². The molecule has 0 aliphatic rings. The molecule has 0 saturated heterocycles. The number of anilines is 2. The fraction of sp³-hybridized carbons (Fsp3) is 0.357. The minimum Gasteiger partial charge on any atom is -0.373 e. The molecule has 0 bridgehead atoms. The van der Waals surface area contributed by atoms with E-state index in [9.17, 15) is 4.79 Å². The summed E-state index contributed by atoms with van der Waals surface area (Å²) >= 11 is 4.70. The Morgan fingerprint density at radius 2 is 2.05 bits per heavy atom. The average Bonchev–Trinajstić information content (AvgIpc) is 2.82. The first kappa shape index (κ1) is 15.9. The van der Waals surface area contributed by atoms with Crippen LogP contribution in [-0.2, 0) is 5.41 Å². The van der Waals surface area contributed by atoms with Gasteiger partial charge >= 0.3 is 0 Å². The van der Waals surface area contributed by atoms with Crippen LogP contribution in [0.1, 0.15) is 36.8 Å². The molecule has 0 aliphatic heterocycles. The van der Waals surface area contributed by atoms with Crippen LogP contribution < -0.4 is 10.6 Å². The molecule has 0 aliphatic carbocycles. The lowest BCUT2D eigenvalue weighted by atomic mass is 9.90. The summed E-state index contributed by atoms with van der Waals surface area (Å²) in [5.74, 6) is 0.481. The highest BCUT2D eigenvalue weighted by Crippen LogP contribution is 2.26. The van der Waals surface area contributed by atoms with Gasteiger partial charge in [0.05, 0.1) is 9.98 Å². The molecule has 0 radical (unpaired) electrons. The highest BCUT2D eigenvalue weighted by molar-refractivity contribution is 9.11. The molecule has 21 heavy (non-hydrogen) atoms. The van der Waals surface area contributed by atoms with E-state index in [2.05, 4.69) is 57.3 Å². The van der Waals surface area contributed by atoms with E-state index in [-0.39, 0.29) is 11.3 Å². The second-order valence-corrected chi connectivity index (χ2v) is 7.96. The zero-order valence-corrected chi connectivity index (χ0v) is 14.7. The topological polar surface area (TPSA) is 66.9 Å². The molecule has 0 atom stereocenters. The van der Waals surface area contributed by atoms with Gasteiger partial charge < -0.3 is 5.32 Å². The summed E-state index contributed by atoms with van der Waals surface area (Å²) in [5.41, 5.74) is 1.29. The standard InChI is InChI=1S/C14H17BrN4OS/c1-14(2,3)9-5-8(6-11(16-4)18-9)12(20)19-13-17-7-10(15)21-13/h5-7H,1-4H3,(H,16,18)(H,17,19,20). The first-order chi connectivity index (χ1) is 9.79.